The maximum Gasteiger partial charge on any atom is 0.416 e. The van der Waals surface area contributed by atoms with Crippen LogP contribution in [0.4, 0.5) is 18.0 Å². The van der Waals surface area contributed by atoms with Crippen LogP contribution in [0, 0.1) is 13.8 Å². The molecule has 2 amide bonds. The Morgan fingerprint density at radius 3 is 2.41 bits per heavy atom. The molecule has 2 aromatic rings. The highest BCUT2D eigenvalue weighted by Crippen LogP contribution is 2.33. The van der Waals surface area contributed by atoms with Crippen LogP contribution in [0.3, 0.4) is 0 Å². The number of thioether (sulfide) groups is 1. The number of imide groups is 1. The Bertz CT molecular complexity index is 968. The van der Waals surface area contributed by atoms with Crippen molar-refractivity contribution in [1.82, 2.24) is 4.90 Å². The minimum absolute atomic E-state index is 0.0857. The van der Waals surface area contributed by atoms with E-state index in [-0.39, 0.29) is 18.1 Å². The normalized spacial score (nSPS) is 16.0. The molecule has 0 spiro atoms. The number of carbonyl (C=O) groups is 2. The van der Waals surface area contributed by atoms with Gasteiger partial charge in [-0.3, -0.25) is 14.5 Å². The number of amides is 2. The first kappa shape index (κ1) is 21.0. The van der Waals surface area contributed by atoms with Crippen molar-refractivity contribution in [3.8, 4) is 5.75 Å². The van der Waals surface area contributed by atoms with Gasteiger partial charge in [-0.2, -0.15) is 13.2 Å². The van der Waals surface area contributed by atoms with Crippen molar-refractivity contribution in [3.63, 3.8) is 0 Å². The van der Waals surface area contributed by atoms with Crippen LogP contribution in [0.5, 0.6) is 5.75 Å². The highest BCUT2D eigenvalue weighted by Gasteiger charge is 2.35. The van der Waals surface area contributed by atoms with Crippen LogP contribution in [-0.2, 0) is 11.0 Å². The highest BCUT2D eigenvalue weighted by molar-refractivity contribution is 8.18. The number of hydrogen-bond donors (Lipinski definition) is 0. The molecule has 0 atom stereocenters. The zero-order valence-electron chi connectivity index (χ0n) is 15.7. The van der Waals surface area contributed by atoms with E-state index in [0.717, 1.165) is 39.9 Å². The Morgan fingerprint density at radius 1 is 1.07 bits per heavy atom. The molecule has 0 radical (unpaired) electrons. The van der Waals surface area contributed by atoms with E-state index in [1.54, 1.807) is 0 Å². The summed E-state index contributed by atoms with van der Waals surface area (Å²) in [6.45, 7) is 4.08. The number of halogens is 3. The third kappa shape index (κ3) is 5.00. The molecule has 4 nitrogen and oxygen atoms in total. The smallest absolute Gasteiger partial charge is 0.416 e. The van der Waals surface area contributed by atoms with Gasteiger partial charge in [0.1, 0.15) is 12.4 Å². The molecule has 1 fully saturated rings. The van der Waals surface area contributed by atoms with Gasteiger partial charge < -0.3 is 4.74 Å². The van der Waals surface area contributed by atoms with Gasteiger partial charge in [0.15, 0.2) is 0 Å². The Hall–Kier alpha value is -2.74. The molecule has 0 N–H and O–H groups in total. The van der Waals surface area contributed by atoms with Gasteiger partial charge >= 0.3 is 6.18 Å². The molecule has 152 valence electrons. The maximum atomic E-state index is 12.6. The van der Waals surface area contributed by atoms with E-state index in [2.05, 4.69) is 0 Å². The summed E-state index contributed by atoms with van der Waals surface area (Å²) in [7, 11) is 0. The van der Waals surface area contributed by atoms with E-state index in [1.807, 2.05) is 32.0 Å². The minimum atomic E-state index is -4.42. The molecular weight excluding hydrogens is 403 g/mol. The molecule has 3 rings (SSSR count). The molecule has 0 aliphatic carbocycles. The van der Waals surface area contributed by atoms with E-state index < -0.39 is 22.9 Å². The van der Waals surface area contributed by atoms with Crippen LogP contribution in [0.2, 0.25) is 0 Å². The molecule has 0 bridgehead atoms. The van der Waals surface area contributed by atoms with Crippen LogP contribution in [0.1, 0.15) is 22.3 Å². The van der Waals surface area contributed by atoms with Gasteiger partial charge in [0.2, 0.25) is 0 Å². The van der Waals surface area contributed by atoms with Crippen LogP contribution in [-0.4, -0.2) is 29.2 Å². The lowest BCUT2D eigenvalue weighted by Gasteiger charge is -2.14. The molecule has 0 aromatic heterocycles. The summed E-state index contributed by atoms with van der Waals surface area (Å²) >= 11 is 0.759. The molecule has 1 aliphatic heterocycles. The van der Waals surface area contributed by atoms with Crippen molar-refractivity contribution >= 4 is 29.0 Å². The maximum absolute atomic E-state index is 12.6. The lowest BCUT2D eigenvalue weighted by molar-refractivity contribution is -0.137. The van der Waals surface area contributed by atoms with Crippen molar-refractivity contribution in [2.24, 2.45) is 0 Å². The Labute approximate surface area is 170 Å². The molecule has 1 heterocycles. The number of carbonyl (C=O) groups excluding carboxylic acids is 2. The summed E-state index contributed by atoms with van der Waals surface area (Å²) in [6.07, 6.45) is -3.01. The summed E-state index contributed by atoms with van der Waals surface area (Å²) in [4.78, 5) is 25.9. The van der Waals surface area contributed by atoms with Gasteiger partial charge in [-0.05, 0) is 66.6 Å². The molecule has 0 saturated carbocycles. The second-order valence-corrected chi connectivity index (χ2v) is 7.56. The van der Waals surface area contributed by atoms with E-state index in [1.165, 1.54) is 18.2 Å². The number of ether oxygens (including phenoxy) is 1. The first-order valence-corrected chi connectivity index (χ1v) is 9.59. The number of alkyl halides is 3. The number of aryl methyl sites for hydroxylation is 2. The zero-order valence-corrected chi connectivity index (χ0v) is 16.6. The fourth-order valence-electron chi connectivity index (χ4n) is 2.72. The van der Waals surface area contributed by atoms with E-state index in [4.69, 9.17) is 4.74 Å². The van der Waals surface area contributed by atoms with Crippen molar-refractivity contribution in [3.05, 3.63) is 69.6 Å². The van der Waals surface area contributed by atoms with E-state index in [0.29, 0.717) is 11.3 Å². The lowest BCUT2D eigenvalue weighted by Crippen LogP contribution is -2.32. The molecule has 1 saturated heterocycles. The highest BCUT2D eigenvalue weighted by atomic mass is 32.2. The van der Waals surface area contributed by atoms with Crippen molar-refractivity contribution in [1.29, 1.82) is 0 Å². The lowest BCUT2D eigenvalue weighted by atomic mass is 10.1. The van der Waals surface area contributed by atoms with Crippen molar-refractivity contribution in [2.45, 2.75) is 20.0 Å². The first-order chi connectivity index (χ1) is 13.6. The van der Waals surface area contributed by atoms with Gasteiger partial charge in [0, 0.05) is 0 Å². The van der Waals surface area contributed by atoms with Gasteiger partial charge in [0.25, 0.3) is 11.1 Å². The molecule has 2 aromatic carbocycles. The SMILES string of the molecule is Cc1ccc(C)c(OCCN2C(=O)S/C(=C\c3ccc(C(F)(F)F)cc3)C2=O)c1. The summed E-state index contributed by atoms with van der Waals surface area (Å²) in [5.41, 5.74) is 1.63. The summed E-state index contributed by atoms with van der Waals surface area (Å²) in [6, 6.07) is 10.2. The monoisotopic (exact) mass is 421 g/mol. The van der Waals surface area contributed by atoms with Gasteiger partial charge in [-0.1, -0.05) is 24.3 Å². The number of hydrogen-bond acceptors (Lipinski definition) is 4. The predicted molar refractivity (Wildman–Crippen MR) is 106 cm³/mol. The van der Waals surface area contributed by atoms with Crippen LogP contribution in [0.15, 0.2) is 47.4 Å². The van der Waals surface area contributed by atoms with Gasteiger partial charge in [-0.25, -0.2) is 0 Å². The van der Waals surface area contributed by atoms with Crippen LogP contribution >= 0.6 is 11.8 Å². The van der Waals surface area contributed by atoms with Gasteiger partial charge in [0.05, 0.1) is 17.0 Å². The molecule has 29 heavy (non-hydrogen) atoms. The molecule has 1 aliphatic rings. The Kier molecular flexibility index (Phi) is 6.02. The Balaban J connectivity index is 1.64. The fourth-order valence-corrected chi connectivity index (χ4v) is 3.59. The fraction of sp³-hybridized carbons (Fsp3) is 0.238. The topological polar surface area (TPSA) is 46.6 Å². The standard InChI is InChI=1S/C21H18F3NO3S/c1-13-3-4-14(2)17(11-13)28-10-9-25-19(26)18(29-20(25)27)12-15-5-7-16(8-6-15)21(22,23)24/h3-8,11-12H,9-10H2,1-2H3/b18-12-. The minimum Gasteiger partial charge on any atom is -0.491 e. The van der Waals surface area contributed by atoms with E-state index in [9.17, 15) is 22.8 Å². The van der Waals surface area contributed by atoms with Crippen molar-refractivity contribution in [2.75, 3.05) is 13.2 Å². The summed E-state index contributed by atoms with van der Waals surface area (Å²) < 4.78 is 43.6. The third-order valence-electron chi connectivity index (χ3n) is 4.33. The zero-order chi connectivity index (χ0) is 21.2. The molecular formula is C21H18F3NO3S. The number of nitrogens with zero attached hydrogens (tertiary/aromatic N) is 1. The second kappa shape index (κ2) is 8.32. The number of rotatable bonds is 5. The summed E-state index contributed by atoms with van der Waals surface area (Å²) in [5.74, 6) is 0.210. The van der Waals surface area contributed by atoms with Crippen LogP contribution < -0.4 is 4.74 Å². The average molecular weight is 421 g/mol. The predicted octanol–water partition coefficient (Wildman–Crippen LogP) is 5.44. The van der Waals surface area contributed by atoms with E-state index >= 15 is 0 Å². The quantitative estimate of drug-likeness (QED) is 0.604. The molecule has 0 unspecified atom stereocenters. The molecule has 8 heteroatoms. The third-order valence-corrected chi connectivity index (χ3v) is 5.23. The summed E-state index contributed by atoms with van der Waals surface area (Å²) in [5, 5.41) is -0.433. The Morgan fingerprint density at radius 2 is 1.76 bits per heavy atom. The number of benzene rings is 2. The largest absolute Gasteiger partial charge is 0.491 e. The van der Waals surface area contributed by atoms with Crippen molar-refractivity contribution < 1.29 is 27.5 Å². The van der Waals surface area contributed by atoms with Crippen LogP contribution in [0.25, 0.3) is 6.08 Å². The average Bonchev–Trinajstić information content (AvgIpc) is 2.91. The first-order valence-electron chi connectivity index (χ1n) is 8.78. The van der Waals surface area contributed by atoms with Gasteiger partial charge in [-0.15, -0.1) is 0 Å². The second-order valence-electron chi connectivity index (χ2n) is 6.57.